The number of thioether (sulfide) groups is 1. The second kappa shape index (κ2) is 8.24. The Morgan fingerprint density at radius 3 is 2.62 bits per heavy atom. The highest BCUT2D eigenvalue weighted by molar-refractivity contribution is 8.01. The topological polar surface area (TPSA) is 60.2 Å². The molecule has 0 saturated heterocycles. The summed E-state index contributed by atoms with van der Waals surface area (Å²) >= 11 is 1.89. The molecule has 0 atom stereocenters. The number of nitriles is 1. The number of rotatable bonds is 6. The maximum absolute atomic E-state index is 14.0. The molecule has 1 aliphatic rings. The molecule has 0 aromatic heterocycles. The van der Waals surface area contributed by atoms with Crippen molar-refractivity contribution in [3.63, 3.8) is 0 Å². The van der Waals surface area contributed by atoms with Crippen LogP contribution in [0.1, 0.15) is 24.0 Å². The van der Waals surface area contributed by atoms with Gasteiger partial charge in [0.05, 0.1) is 11.6 Å². The van der Waals surface area contributed by atoms with Gasteiger partial charge in [-0.15, -0.1) is 11.8 Å². The third-order valence-corrected chi connectivity index (χ3v) is 5.81. The van der Waals surface area contributed by atoms with Gasteiger partial charge in [-0.25, -0.2) is 4.39 Å². The number of hydrogen-bond donors (Lipinski definition) is 2. The van der Waals surface area contributed by atoms with Gasteiger partial charge in [-0.3, -0.25) is 4.99 Å². The molecule has 1 aliphatic carbocycles. The van der Waals surface area contributed by atoms with Crippen LogP contribution in [0.3, 0.4) is 0 Å². The first-order chi connectivity index (χ1) is 12.6. The first-order valence-corrected chi connectivity index (χ1v) is 9.33. The van der Waals surface area contributed by atoms with Crippen LogP contribution >= 0.6 is 11.8 Å². The van der Waals surface area contributed by atoms with Crippen molar-refractivity contribution < 1.29 is 4.39 Å². The van der Waals surface area contributed by atoms with E-state index >= 15 is 0 Å². The van der Waals surface area contributed by atoms with Gasteiger partial charge in [0.1, 0.15) is 5.82 Å². The van der Waals surface area contributed by atoms with Gasteiger partial charge in [0, 0.05) is 35.3 Å². The fourth-order valence-electron chi connectivity index (χ4n) is 2.60. The highest BCUT2D eigenvalue weighted by Gasteiger charge is 2.43. The second-order valence-corrected chi connectivity index (χ2v) is 7.84. The van der Waals surface area contributed by atoms with Crippen LogP contribution in [-0.2, 0) is 6.54 Å². The Morgan fingerprint density at radius 1 is 1.23 bits per heavy atom. The van der Waals surface area contributed by atoms with Crippen LogP contribution < -0.4 is 10.6 Å². The molecule has 0 radical (unpaired) electrons. The van der Waals surface area contributed by atoms with E-state index in [1.165, 1.54) is 23.8 Å². The molecule has 0 amide bonds. The van der Waals surface area contributed by atoms with Crippen molar-refractivity contribution in [3.8, 4) is 6.07 Å². The summed E-state index contributed by atoms with van der Waals surface area (Å²) in [7, 11) is 1.70. The van der Waals surface area contributed by atoms with Crippen molar-refractivity contribution >= 4 is 17.7 Å². The van der Waals surface area contributed by atoms with E-state index < -0.39 is 0 Å². The first kappa shape index (κ1) is 18.3. The largest absolute Gasteiger partial charge is 0.355 e. The van der Waals surface area contributed by atoms with Gasteiger partial charge in [-0.1, -0.05) is 24.3 Å². The number of nitrogens with one attached hydrogen (secondary N) is 2. The SMILES string of the molecule is CN=C(NCc1ccc(C#N)cc1F)NCC1(Sc2ccccc2)CC1. The number of aliphatic imine (C=N–C) groups is 1. The summed E-state index contributed by atoms with van der Waals surface area (Å²) in [6, 6.07) is 16.8. The highest BCUT2D eigenvalue weighted by atomic mass is 32.2. The summed E-state index contributed by atoms with van der Waals surface area (Å²) in [6.07, 6.45) is 2.33. The van der Waals surface area contributed by atoms with Gasteiger partial charge < -0.3 is 10.6 Å². The van der Waals surface area contributed by atoms with Crippen LogP contribution in [0.4, 0.5) is 4.39 Å². The molecule has 3 rings (SSSR count). The Morgan fingerprint density at radius 2 is 2.00 bits per heavy atom. The fourth-order valence-corrected chi connectivity index (χ4v) is 3.84. The fraction of sp³-hybridized carbons (Fsp3) is 0.300. The van der Waals surface area contributed by atoms with E-state index in [-0.39, 0.29) is 10.6 Å². The molecule has 1 fully saturated rings. The molecule has 4 nitrogen and oxygen atoms in total. The molecule has 0 bridgehead atoms. The zero-order valence-corrected chi connectivity index (χ0v) is 15.4. The summed E-state index contributed by atoms with van der Waals surface area (Å²) in [5.41, 5.74) is 0.828. The average Bonchev–Trinajstić information content (AvgIpc) is 3.43. The maximum Gasteiger partial charge on any atom is 0.191 e. The lowest BCUT2D eigenvalue weighted by Gasteiger charge is -2.18. The van der Waals surface area contributed by atoms with E-state index in [1.54, 1.807) is 19.2 Å². The molecule has 2 aromatic carbocycles. The lowest BCUT2D eigenvalue weighted by molar-refractivity contribution is 0.604. The summed E-state index contributed by atoms with van der Waals surface area (Å²) in [5.74, 6) is 0.263. The summed E-state index contributed by atoms with van der Waals surface area (Å²) in [4.78, 5) is 5.49. The van der Waals surface area contributed by atoms with Crippen molar-refractivity contribution in [3.05, 3.63) is 65.5 Å². The molecule has 6 heteroatoms. The number of hydrogen-bond acceptors (Lipinski definition) is 3. The highest BCUT2D eigenvalue weighted by Crippen LogP contribution is 2.51. The van der Waals surface area contributed by atoms with Crippen molar-refractivity contribution in [1.29, 1.82) is 5.26 Å². The van der Waals surface area contributed by atoms with E-state index in [0.29, 0.717) is 23.6 Å². The Labute approximate surface area is 157 Å². The van der Waals surface area contributed by atoms with Crippen molar-refractivity contribution in [2.45, 2.75) is 29.0 Å². The van der Waals surface area contributed by atoms with Crippen molar-refractivity contribution in [2.24, 2.45) is 4.99 Å². The van der Waals surface area contributed by atoms with E-state index in [9.17, 15) is 4.39 Å². The molecule has 0 unspecified atom stereocenters. The lowest BCUT2D eigenvalue weighted by atomic mass is 10.1. The van der Waals surface area contributed by atoms with Crippen LogP contribution in [0, 0.1) is 17.1 Å². The maximum atomic E-state index is 14.0. The standard InChI is InChI=1S/C20H21FN4S/c1-23-19(24-13-16-8-7-15(12-22)11-18(16)21)25-14-20(9-10-20)26-17-5-3-2-4-6-17/h2-8,11H,9-10,13-14H2,1H3,(H2,23,24,25). The Kier molecular flexibility index (Phi) is 5.79. The molecular formula is C20H21FN4S. The van der Waals surface area contributed by atoms with E-state index in [1.807, 2.05) is 23.9 Å². The number of guanidine groups is 1. The monoisotopic (exact) mass is 368 g/mol. The number of benzene rings is 2. The van der Waals surface area contributed by atoms with Gasteiger partial charge >= 0.3 is 0 Å². The van der Waals surface area contributed by atoms with E-state index in [0.717, 1.165) is 6.54 Å². The predicted molar refractivity (Wildman–Crippen MR) is 104 cm³/mol. The minimum absolute atomic E-state index is 0.207. The smallest absolute Gasteiger partial charge is 0.191 e. The van der Waals surface area contributed by atoms with Gasteiger partial charge in [0.15, 0.2) is 5.96 Å². The summed E-state index contributed by atoms with van der Waals surface area (Å²) in [6.45, 7) is 1.12. The predicted octanol–water partition coefficient (Wildman–Crippen LogP) is 3.69. The van der Waals surface area contributed by atoms with Crippen molar-refractivity contribution in [1.82, 2.24) is 10.6 Å². The van der Waals surface area contributed by atoms with Gasteiger partial charge in [-0.05, 0) is 37.1 Å². The molecule has 0 aliphatic heterocycles. The average molecular weight is 368 g/mol. The van der Waals surface area contributed by atoms with Crippen molar-refractivity contribution in [2.75, 3.05) is 13.6 Å². The first-order valence-electron chi connectivity index (χ1n) is 8.51. The molecule has 1 saturated carbocycles. The van der Waals surface area contributed by atoms with Crippen LogP contribution in [0.2, 0.25) is 0 Å². The molecule has 134 valence electrons. The normalized spacial score (nSPS) is 15.2. The van der Waals surface area contributed by atoms with Crippen LogP contribution in [-0.4, -0.2) is 24.3 Å². The van der Waals surface area contributed by atoms with Gasteiger partial charge in [-0.2, -0.15) is 5.26 Å². The summed E-state index contributed by atoms with van der Waals surface area (Å²) < 4.78 is 14.2. The zero-order chi connectivity index (χ0) is 18.4. The molecular weight excluding hydrogens is 347 g/mol. The van der Waals surface area contributed by atoms with Crippen LogP contribution in [0.15, 0.2) is 58.4 Å². The minimum Gasteiger partial charge on any atom is -0.355 e. The van der Waals surface area contributed by atoms with Crippen LogP contribution in [0.25, 0.3) is 0 Å². The second-order valence-electron chi connectivity index (χ2n) is 6.30. The minimum atomic E-state index is -0.384. The van der Waals surface area contributed by atoms with Gasteiger partial charge in [0.2, 0.25) is 0 Å². The zero-order valence-electron chi connectivity index (χ0n) is 14.6. The third kappa shape index (κ3) is 4.77. The number of halogens is 1. The van der Waals surface area contributed by atoms with Crippen LogP contribution in [0.5, 0.6) is 0 Å². The lowest BCUT2D eigenvalue weighted by Crippen LogP contribution is -2.40. The quantitative estimate of drug-likeness (QED) is 0.603. The Hall–Kier alpha value is -2.52. The van der Waals surface area contributed by atoms with E-state index in [2.05, 4.69) is 39.9 Å². The molecule has 0 spiro atoms. The molecule has 0 heterocycles. The van der Waals surface area contributed by atoms with E-state index in [4.69, 9.17) is 5.26 Å². The Bertz CT molecular complexity index is 825. The molecule has 2 aromatic rings. The van der Waals surface area contributed by atoms with Gasteiger partial charge in [0.25, 0.3) is 0 Å². The number of nitrogens with zero attached hydrogens (tertiary/aromatic N) is 2. The molecule has 2 N–H and O–H groups in total. The summed E-state index contributed by atoms with van der Waals surface area (Å²) in [5, 5.41) is 15.3. The molecule has 26 heavy (non-hydrogen) atoms. The third-order valence-electron chi connectivity index (χ3n) is 4.32. The Balaban J connectivity index is 1.52.